The number of carbonyl (C=O) groups excluding carboxylic acids is 3. The van der Waals surface area contributed by atoms with Crippen LogP contribution in [0.1, 0.15) is 38.7 Å². The van der Waals surface area contributed by atoms with Crippen molar-refractivity contribution in [2.45, 2.75) is 38.7 Å². The zero-order valence-electron chi connectivity index (χ0n) is 16.5. The zero-order chi connectivity index (χ0) is 20.2. The molecule has 0 radical (unpaired) electrons. The lowest BCUT2D eigenvalue weighted by Gasteiger charge is -2.24. The first kappa shape index (κ1) is 20.7. The molecule has 7 nitrogen and oxygen atoms in total. The summed E-state index contributed by atoms with van der Waals surface area (Å²) < 4.78 is 15.3. The van der Waals surface area contributed by atoms with Gasteiger partial charge in [-0.2, -0.15) is 0 Å². The van der Waals surface area contributed by atoms with Crippen molar-refractivity contribution in [2.24, 2.45) is 5.92 Å². The van der Waals surface area contributed by atoms with Gasteiger partial charge in [-0.05, 0) is 38.5 Å². The fourth-order valence-electron chi connectivity index (χ4n) is 3.16. The van der Waals surface area contributed by atoms with Crippen LogP contribution in [0.15, 0.2) is 24.3 Å². The van der Waals surface area contributed by atoms with E-state index in [1.54, 1.807) is 27.9 Å². The Bertz CT molecular complexity index is 709. The molecule has 0 aromatic heterocycles. The minimum absolute atomic E-state index is 0.201. The minimum Gasteiger partial charge on any atom is -0.497 e. The summed E-state index contributed by atoms with van der Waals surface area (Å²) in [5, 5.41) is 0. The third kappa shape index (κ3) is 5.45. The van der Waals surface area contributed by atoms with Gasteiger partial charge in [0.25, 0.3) is 0 Å². The van der Waals surface area contributed by atoms with Crippen molar-refractivity contribution in [1.29, 1.82) is 0 Å². The molecule has 1 aromatic carbocycles. The average molecular weight is 377 g/mol. The lowest BCUT2D eigenvalue weighted by molar-refractivity contribution is -0.144. The van der Waals surface area contributed by atoms with Crippen molar-refractivity contribution in [1.82, 2.24) is 4.90 Å². The second-order valence-electron chi connectivity index (χ2n) is 7.59. The Kier molecular flexibility index (Phi) is 6.46. The number of ether oxygens (including phenoxy) is 3. The van der Waals surface area contributed by atoms with Crippen LogP contribution in [-0.2, 0) is 19.1 Å². The van der Waals surface area contributed by atoms with E-state index in [9.17, 15) is 14.4 Å². The summed E-state index contributed by atoms with van der Waals surface area (Å²) in [6.07, 6.45) is -0.784. The maximum atomic E-state index is 12.7. The van der Waals surface area contributed by atoms with Crippen molar-refractivity contribution >= 4 is 17.8 Å². The van der Waals surface area contributed by atoms with Gasteiger partial charge in [0.15, 0.2) is 0 Å². The van der Waals surface area contributed by atoms with Crippen molar-refractivity contribution < 1.29 is 28.6 Å². The Morgan fingerprint density at radius 3 is 2.44 bits per heavy atom. The molecule has 148 valence electrons. The van der Waals surface area contributed by atoms with Crippen LogP contribution >= 0.6 is 0 Å². The molecule has 1 aliphatic heterocycles. The van der Waals surface area contributed by atoms with E-state index in [0.29, 0.717) is 12.3 Å². The highest BCUT2D eigenvalue weighted by atomic mass is 16.6. The number of Topliss-reactive ketones (excluding diaryl/α,β-unsaturated/α-hetero) is 1. The van der Waals surface area contributed by atoms with Crippen LogP contribution < -0.4 is 4.74 Å². The van der Waals surface area contributed by atoms with Crippen LogP contribution in [0.3, 0.4) is 0 Å². The first-order valence-electron chi connectivity index (χ1n) is 8.86. The predicted octanol–water partition coefficient (Wildman–Crippen LogP) is 2.78. The van der Waals surface area contributed by atoms with Crippen molar-refractivity contribution in [3.63, 3.8) is 0 Å². The van der Waals surface area contributed by atoms with Crippen molar-refractivity contribution in [3.05, 3.63) is 29.8 Å². The molecule has 1 aliphatic rings. The summed E-state index contributed by atoms with van der Waals surface area (Å²) in [5.41, 5.74) is 0.250. The molecule has 0 spiro atoms. The van der Waals surface area contributed by atoms with Gasteiger partial charge in [0.05, 0.1) is 14.2 Å². The number of hydrogen-bond acceptors (Lipinski definition) is 6. The van der Waals surface area contributed by atoms with Crippen LogP contribution in [0.5, 0.6) is 5.75 Å². The van der Waals surface area contributed by atoms with E-state index in [4.69, 9.17) is 9.47 Å². The third-order valence-corrected chi connectivity index (χ3v) is 4.45. The van der Waals surface area contributed by atoms with E-state index >= 15 is 0 Å². The molecule has 27 heavy (non-hydrogen) atoms. The number of amides is 1. The molecule has 0 N–H and O–H groups in total. The Balaban J connectivity index is 2.27. The molecule has 0 aliphatic carbocycles. The first-order valence-corrected chi connectivity index (χ1v) is 8.86. The van der Waals surface area contributed by atoms with Crippen molar-refractivity contribution in [2.75, 3.05) is 27.3 Å². The van der Waals surface area contributed by atoms with Gasteiger partial charge in [0.1, 0.15) is 23.6 Å². The van der Waals surface area contributed by atoms with Gasteiger partial charge in [0, 0.05) is 24.9 Å². The number of methoxy groups -OCH3 is 2. The topological polar surface area (TPSA) is 82.1 Å². The molecule has 2 unspecified atom stereocenters. The molecular weight excluding hydrogens is 350 g/mol. The number of nitrogens with zero attached hydrogens (tertiary/aromatic N) is 1. The zero-order valence-corrected chi connectivity index (χ0v) is 16.5. The van der Waals surface area contributed by atoms with Gasteiger partial charge in [-0.15, -0.1) is 0 Å². The summed E-state index contributed by atoms with van der Waals surface area (Å²) in [4.78, 5) is 38.3. The number of rotatable bonds is 5. The molecule has 1 amide bonds. The van der Waals surface area contributed by atoms with Crippen LogP contribution in [0.4, 0.5) is 4.79 Å². The number of carbonyl (C=O) groups is 3. The van der Waals surface area contributed by atoms with Gasteiger partial charge < -0.3 is 19.1 Å². The Morgan fingerprint density at radius 1 is 1.15 bits per heavy atom. The fourth-order valence-corrected chi connectivity index (χ4v) is 3.16. The van der Waals surface area contributed by atoms with Crippen LogP contribution in [0, 0.1) is 5.92 Å². The summed E-state index contributed by atoms with van der Waals surface area (Å²) in [6, 6.07) is 7.40. The first-order chi connectivity index (χ1) is 12.6. The molecular formula is C20H27NO6. The monoisotopic (exact) mass is 377 g/mol. The number of hydrogen-bond donors (Lipinski definition) is 0. The Hall–Kier alpha value is -2.57. The highest BCUT2D eigenvalue weighted by Crippen LogP contribution is 2.36. The number of esters is 1. The predicted molar refractivity (Wildman–Crippen MR) is 98.7 cm³/mol. The maximum Gasteiger partial charge on any atom is 0.410 e. The van der Waals surface area contributed by atoms with Crippen LogP contribution in [0.2, 0.25) is 0 Å². The summed E-state index contributed by atoms with van der Waals surface area (Å²) in [5.74, 6) is -0.920. The van der Waals surface area contributed by atoms with Gasteiger partial charge in [-0.1, -0.05) is 12.1 Å². The van der Waals surface area contributed by atoms with Gasteiger partial charge in [-0.25, -0.2) is 4.79 Å². The summed E-state index contributed by atoms with van der Waals surface area (Å²) in [7, 11) is 2.82. The summed E-state index contributed by atoms with van der Waals surface area (Å²) >= 11 is 0. The molecule has 2 atom stereocenters. The molecule has 7 heteroatoms. The highest BCUT2D eigenvalue weighted by molar-refractivity contribution is 5.97. The third-order valence-electron chi connectivity index (χ3n) is 4.45. The second kappa shape index (κ2) is 8.41. The van der Waals surface area contributed by atoms with E-state index in [-0.39, 0.29) is 24.7 Å². The summed E-state index contributed by atoms with van der Waals surface area (Å²) in [6.45, 7) is 5.91. The lowest BCUT2D eigenvalue weighted by atomic mass is 9.85. The molecule has 1 fully saturated rings. The Labute approximate surface area is 159 Å². The fraction of sp³-hybridized carbons (Fsp3) is 0.550. The molecule has 0 saturated carbocycles. The van der Waals surface area contributed by atoms with Crippen LogP contribution in [0.25, 0.3) is 0 Å². The van der Waals surface area contributed by atoms with Gasteiger partial charge in [0.2, 0.25) is 0 Å². The van der Waals surface area contributed by atoms with E-state index in [2.05, 4.69) is 4.74 Å². The molecule has 1 aromatic rings. The normalized spacial score (nSPS) is 19.5. The second-order valence-corrected chi connectivity index (χ2v) is 7.59. The van der Waals surface area contributed by atoms with E-state index < -0.39 is 23.6 Å². The smallest absolute Gasteiger partial charge is 0.410 e. The average Bonchev–Trinajstić information content (AvgIpc) is 3.06. The maximum absolute atomic E-state index is 12.7. The van der Waals surface area contributed by atoms with Gasteiger partial charge >= 0.3 is 12.1 Å². The lowest BCUT2D eigenvalue weighted by Crippen LogP contribution is -2.36. The number of likely N-dealkylation sites (tertiary alicyclic amines) is 1. The van der Waals surface area contributed by atoms with E-state index in [0.717, 1.165) is 5.56 Å². The largest absolute Gasteiger partial charge is 0.497 e. The molecule has 2 rings (SSSR count). The molecule has 0 bridgehead atoms. The van der Waals surface area contributed by atoms with Crippen LogP contribution in [-0.4, -0.2) is 55.7 Å². The van der Waals surface area contributed by atoms with Crippen molar-refractivity contribution in [3.8, 4) is 5.75 Å². The number of benzene rings is 1. The van der Waals surface area contributed by atoms with Gasteiger partial charge in [-0.3, -0.25) is 9.59 Å². The molecule has 1 saturated heterocycles. The Morgan fingerprint density at radius 2 is 1.85 bits per heavy atom. The van der Waals surface area contributed by atoms with E-state index in [1.807, 2.05) is 24.3 Å². The molecule has 1 heterocycles. The minimum atomic E-state index is -0.628. The highest BCUT2D eigenvalue weighted by Gasteiger charge is 2.42. The SMILES string of the molecule is COC(=O)CC(=O)C1CN(C(=O)OC(C)(C)C)CC1c1cccc(OC)c1. The van der Waals surface area contributed by atoms with E-state index in [1.165, 1.54) is 12.0 Å². The number of ketones is 1. The quantitative estimate of drug-likeness (QED) is 0.580. The standard InChI is InChI=1S/C20H27NO6/c1-20(2,3)27-19(24)21-11-15(13-7-6-8-14(9-13)25-4)16(12-21)17(22)10-18(23)26-5/h6-9,15-16H,10-12H2,1-5H3.